The van der Waals surface area contributed by atoms with Crippen LogP contribution in [0.3, 0.4) is 0 Å². The minimum atomic E-state index is -0.690. The van der Waals surface area contributed by atoms with Crippen LogP contribution in [0.2, 0.25) is 0 Å². The van der Waals surface area contributed by atoms with Gasteiger partial charge in [0.25, 0.3) is 11.8 Å². The van der Waals surface area contributed by atoms with Crippen molar-refractivity contribution in [2.75, 3.05) is 25.6 Å². The summed E-state index contributed by atoms with van der Waals surface area (Å²) >= 11 is 1.15. The Bertz CT molecular complexity index is 890. The van der Waals surface area contributed by atoms with Gasteiger partial charge in [0, 0.05) is 6.08 Å². The van der Waals surface area contributed by atoms with Crippen molar-refractivity contribution in [2.24, 2.45) is 5.73 Å². The molecule has 2 aromatic rings. The van der Waals surface area contributed by atoms with Crippen LogP contribution < -0.4 is 20.5 Å². The van der Waals surface area contributed by atoms with Gasteiger partial charge in [-0.25, -0.2) is 4.79 Å². The number of rotatable bonds is 9. The van der Waals surface area contributed by atoms with Gasteiger partial charge in [-0.15, -0.1) is 11.3 Å². The lowest BCUT2D eigenvalue weighted by Crippen LogP contribution is -2.21. The summed E-state index contributed by atoms with van der Waals surface area (Å²) in [5.74, 6) is -0.773. The highest BCUT2D eigenvalue weighted by atomic mass is 32.1. The Morgan fingerprint density at radius 2 is 2.00 bits per heavy atom. The molecule has 8 nitrogen and oxygen atoms in total. The molecule has 0 spiro atoms. The molecule has 148 valence electrons. The van der Waals surface area contributed by atoms with Gasteiger partial charge >= 0.3 is 5.97 Å². The van der Waals surface area contributed by atoms with Crippen molar-refractivity contribution >= 4 is 40.2 Å². The molecule has 0 aliphatic rings. The molecule has 0 saturated carbocycles. The number of esters is 1. The summed E-state index contributed by atoms with van der Waals surface area (Å²) in [6.07, 6.45) is 2.73. The van der Waals surface area contributed by atoms with Gasteiger partial charge in [0.15, 0.2) is 18.1 Å². The van der Waals surface area contributed by atoms with Crippen LogP contribution in [0.25, 0.3) is 6.08 Å². The van der Waals surface area contributed by atoms with Crippen molar-refractivity contribution in [1.82, 2.24) is 0 Å². The zero-order chi connectivity index (χ0) is 20.5. The molecule has 0 fully saturated rings. The third-order valence-electron chi connectivity index (χ3n) is 3.43. The number of hydrogen-bond acceptors (Lipinski definition) is 7. The number of primary amides is 1. The Morgan fingerprint density at radius 3 is 2.68 bits per heavy atom. The molecule has 28 heavy (non-hydrogen) atoms. The summed E-state index contributed by atoms with van der Waals surface area (Å²) in [6.45, 7) is 1.83. The zero-order valence-corrected chi connectivity index (χ0v) is 16.2. The van der Waals surface area contributed by atoms with Crippen LogP contribution in [0.4, 0.5) is 5.00 Å². The minimum absolute atomic E-state index is 0.203. The number of carbonyl (C=O) groups excluding carboxylic acids is 3. The predicted octanol–water partition coefficient (Wildman–Crippen LogP) is 2.45. The molecule has 0 aliphatic carbocycles. The highest BCUT2D eigenvalue weighted by Gasteiger charge is 2.13. The highest BCUT2D eigenvalue weighted by molar-refractivity contribution is 7.14. The summed E-state index contributed by atoms with van der Waals surface area (Å²) in [7, 11) is 1.54. The number of nitrogens with two attached hydrogens (primary N) is 1. The number of methoxy groups -OCH3 is 1. The number of carbonyl (C=O) groups is 3. The molecule has 0 radical (unpaired) electrons. The zero-order valence-electron chi connectivity index (χ0n) is 15.4. The van der Waals surface area contributed by atoms with Crippen LogP contribution in [0.15, 0.2) is 35.7 Å². The number of hydrogen-bond donors (Lipinski definition) is 2. The van der Waals surface area contributed by atoms with Crippen LogP contribution >= 0.6 is 11.3 Å². The summed E-state index contributed by atoms with van der Waals surface area (Å²) < 4.78 is 15.6. The van der Waals surface area contributed by atoms with Crippen molar-refractivity contribution in [2.45, 2.75) is 6.92 Å². The van der Waals surface area contributed by atoms with Crippen molar-refractivity contribution in [1.29, 1.82) is 0 Å². The summed E-state index contributed by atoms with van der Waals surface area (Å²) in [5.41, 5.74) is 6.11. The van der Waals surface area contributed by atoms with Gasteiger partial charge in [0.2, 0.25) is 0 Å². The first-order chi connectivity index (χ1) is 13.4. The van der Waals surface area contributed by atoms with Gasteiger partial charge in [-0.05, 0) is 42.1 Å². The first-order valence-electron chi connectivity index (χ1n) is 8.27. The van der Waals surface area contributed by atoms with E-state index in [2.05, 4.69) is 5.32 Å². The molecule has 2 amide bonds. The molecule has 3 N–H and O–H groups in total. The van der Waals surface area contributed by atoms with Crippen molar-refractivity contribution in [3.63, 3.8) is 0 Å². The van der Waals surface area contributed by atoms with Crippen molar-refractivity contribution in [3.8, 4) is 11.5 Å². The topological polar surface area (TPSA) is 117 Å². The smallest absolute Gasteiger partial charge is 0.331 e. The fourth-order valence-corrected chi connectivity index (χ4v) is 2.99. The lowest BCUT2D eigenvalue weighted by atomic mass is 10.2. The molecular weight excluding hydrogens is 384 g/mol. The van der Waals surface area contributed by atoms with E-state index in [9.17, 15) is 14.4 Å². The summed E-state index contributed by atoms with van der Waals surface area (Å²) in [6, 6.07) is 6.70. The largest absolute Gasteiger partial charge is 0.493 e. The van der Waals surface area contributed by atoms with Gasteiger partial charge in [0.05, 0.1) is 19.3 Å². The highest BCUT2D eigenvalue weighted by Crippen LogP contribution is 2.28. The average molecular weight is 404 g/mol. The Balaban J connectivity index is 1.89. The lowest BCUT2D eigenvalue weighted by molar-refractivity contribution is -0.142. The maximum Gasteiger partial charge on any atom is 0.331 e. The van der Waals surface area contributed by atoms with E-state index < -0.39 is 24.4 Å². The number of ether oxygens (including phenoxy) is 3. The first kappa shape index (κ1) is 21.0. The van der Waals surface area contributed by atoms with E-state index in [0.717, 1.165) is 11.3 Å². The second kappa shape index (κ2) is 10.1. The molecule has 2 rings (SSSR count). The van der Waals surface area contributed by atoms with E-state index in [1.807, 2.05) is 6.92 Å². The maximum absolute atomic E-state index is 11.9. The molecular formula is C19H20N2O6S. The molecule has 0 unspecified atom stereocenters. The fraction of sp³-hybridized carbons (Fsp3) is 0.211. The molecule has 1 aromatic carbocycles. The molecule has 0 aliphatic heterocycles. The molecule has 0 saturated heterocycles. The maximum atomic E-state index is 11.9. The molecule has 0 bridgehead atoms. The van der Waals surface area contributed by atoms with Gasteiger partial charge in [0.1, 0.15) is 5.00 Å². The quantitative estimate of drug-likeness (QED) is 0.490. The normalized spacial score (nSPS) is 10.5. The molecule has 0 atom stereocenters. The fourth-order valence-electron chi connectivity index (χ4n) is 2.18. The Hall–Kier alpha value is -3.33. The average Bonchev–Trinajstić information content (AvgIpc) is 3.13. The van der Waals surface area contributed by atoms with Crippen LogP contribution in [-0.4, -0.2) is 38.1 Å². The SMILES string of the molecule is CCOc1cc(/C=C/C(=O)OCC(=O)Nc2sccc2C(N)=O)ccc1OC. The van der Waals surface area contributed by atoms with E-state index in [0.29, 0.717) is 28.7 Å². The monoisotopic (exact) mass is 404 g/mol. The van der Waals surface area contributed by atoms with Gasteiger partial charge in [-0.3, -0.25) is 9.59 Å². The van der Waals surface area contributed by atoms with Crippen molar-refractivity contribution in [3.05, 3.63) is 46.8 Å². The second-order valence-corrected chi connectivity index (χ2v) is 6.28. The lowest BCUT2D eigenvalue weighted by Gasteiger charge is -2.09. The van der Waals surface area contributed by atoms with Crippen molar-refractivity contribution < 1.29 is 28.6 Å². The van der Waals surface area contributed by atoms with Crippen LogP contribution in [-0.2, 0) is 14.3 Å². The number of nitrogens with one attached hydrogen (secondary N) is 1. The van der Waals surface area contributed by atoms with Gasteiger partial charge in [-0.1, -0.05) is 6.07 Å². The standard InChI is InChI=1S/C19H20N2O6S/c1-3-26-15-10-12(4-6-14(15)25-2)5-7-17(23)27-11-16(22)21-19-13(18(20)24)8-9-28-19/h4-10H,3,11H2,1-2H3,(H2,20,24)(H,21,22)/b7-5+. The number of thiophene rings is 1. The summed E-state index contributed by atoms with van der Waals surface area (Å²) in [5, 5.41) is 4.41. The van der Waals surface area contributed by atoms with E-state index >= 15 is 0 Å². The first-order valence-corrected chi connectivity index (χ1v) is 9.15. The van der Waals surface area contributed by atoms with Crippen LogP contribution in [0, 0.1) is 0 Å². The molecule has 1 aromatic heterocycles. The minimum Gasteiger partial charge on any atom is -0.493 e. The number of amides is 2. The Kier molecular flexibility index (Phi) is 7.58. The van der Waals surface area contributed by atoms with Gasteiger partial charge < -0.3 is 25.3 Å². The molecule has 1 heterocycles. The van der Waals surface area contributed by atoms with E-state index in [-0.39, 0.29) is 5.56 Å². The third-order valence-corrected chi connectivity index (χ3v) is 4.26. The Morgan fingerprint density at radius 1 is 1.21 bits per heavy atom. The number of benzene rings is 1. The van der Waals surface area contributed by atoms with Crippen LogP contribution in [0.5, 0.6) is 11.5 Å². The van der Waals surface area contributed by atoms with Crippen LogP contribution in [0.1, 0.15) is 22.8 Å². The number of anilines is 1. The molecule has 9 heteroatoms. The predicted molar refractivity (Wildman–Crippen MR) is 106 cm³/mol. The second-order valence-electron chi connectivity index (χ2n) is 5.36. The third kappa shape index (κ3) is 5.85. The van der Waals surface area contributed by atoms with E-state index in [4.69, 9.17) is 19.9 Å². The Labute approximate surface area is 165 Å². The van der Waals surface area contributed by atoms with E-state index in [1.54, 1.807) is 30.7 Å². The summed E-state index contributed by atoms with van der Waals surface area (Å²) in [4.78, 5) is 34.9. The van der Waals surface area contributed by atoms with Gasteiger partial charge in [-0.2, -0.15) is 0 Å². The van der Waals surface area contributed by atoms with E-state index in [1.165, 1.54) is 18.2 Å².